The summed E-state index contributed by atoms with van der Waals surface area (Å²) < 4.78 is 23.7. The van der Waals surface area contributed by atoms with Crippen LogP contribution in [0, 0.1) is 0 Å². The number of rotatable bonds is 7. The van der Waals surface area contributed by atoms with Gasteiger partial charge in [0.05, 0.1) is 5.75 Å². The molecule has 1 heterocycles. The third kappa shape index (κ3) is 5.79. The summed E-state index contributed by atoms with van der Waals surface area (Å²) >= 11 is 0. The van der Waals surface area contributed by atoms with E-state index in [9.17, 15) is 8.42 Å². The fourth-order valence-corrected chi connectivity index (χ4v) is 4.10. The molecule has 0 aromatic heterocycles. The fourth-order valence-electron chi connectivity index (χ4n) is 2.76. The summed E-state index contributed by atoms with van der Waals surface area (Å²) in [4.78, 5) is 2.37. The molecular formula is C14H30N2O2S. The van der Waals surface area contributed by atoms with Gasteiger partial charge in [-0.1, -0.05) is 20.3 Å². The van der Waals surface area contributed by atoms with Crippen LogP contribution in [0.15, 0.2) is 0 Å². The lowest BCUT2D eigenvalue weighted by Crippen LogP contribution is -2.62. The lowest BCUT2D eigenvalue weighted by Gasteiger charge is -2.44. The molecule has 5 heteroatoms. The molecule has 1 saturated heterocycles. The third-order valence-corrected chi connectivity index (χ3v) is 5.59. The Morgan fingerprint density at radius 1 is 1.21 bits per heavy atom. The van der Waals surface area contributed by atoms with E-state index in [2.05, 4.69) is 31.0 Å². The molecule has 0 amide bonds. The normalized spacial score (nSPS) is 24.5. The molecule has 0 radical (unpaired) electrons. The smallest absolute Gasteiger partial charge is 0.151 e. The minimum absolute atomic E-state index is 0.0821. The van der Waals surface area contributed by atoms with Crippen LogP contribution in [0.1, 0.15) is 47.0 Å². The summed E-state index contributed by atoms with van der Waals surface area (Å²) in [5.74, 6) is 0.623. The molecule has 1 aliphatic rings. The Hall–Kier alpha value is -0.130. The van der Waals surface area contributed by atoms with E-state index in [4.69, 9.17) is 0 Å². The van der Waals surface area contributed by atoms with Crippen LogP contribution in [-0.2, 0) is 9.84 Å². The van der Waals surface area contributed by atoms with Gasteiger partial charge >= 0.3 is 0 Å². The van der Waals surface area contributed by atoms with Crippen LogP contribution >= 0.6 is 0 Å². The Morgan fingerprint density at radius 2 is 1.89 bits per heavy atom. The van der Waals surface area contributed by atoms with Crippen molar-refractivity contribution in [1.82, 2.24) is 10.2 Å². The second kappa shape index (κ2) is 7.04. The number of nitrogens with one attached hydrogen (secondary N) is 1. The summed E-state index contributed by atoms with van der Waals surface area (Å²) in [5, 5.41) is 3.55. The van der Waals surface area contributed by atoms with E-state index in [-0.39, 0.29) is 5.54 Å². The van der Waals surface area contributed by atoms with Gasteiger partial charge in [-0.15, -0.1) is 0 Å². The molecule has 0 aliphatic carbocycles. The van der Waals surface area contributed by atoms with E-state index in [1.807, 2.05) is 6.92 Å². The van der Waals surface area contributed by atoms with Crippen molar-refractivity contribution in [2.75, 3.05) is 31.1 Å². The lowest BCUT2D eigenvalue weighted by molar-refractivity contribution is 0.0958. The van der Waals surface area contributed by atoms with Crippen LogP contribution in [0.2, 0.25) is 0 Å². The topological polar surface area (TPSA) is 49.4 Å². The Labute approximate surface area is 118 Å². The SMILES string of the molecule is CCCC1CNC(C)(C)CN1CCS(=O)(=O)CCC. The van der Waals surface area contributed by atoms with Crippen molar-refractivity contribution in [1.29, 1.82) is 0 Å². The van der Waals surface area contributed by atoms with Gasteiger partial charge in [0.25, 0.3) is 0 Å². The van der Waals surface area contributed by atoms with Gasteiger partial charge in [0.15, 0.2) is 9.84 Å². The number of piperazine rings is 1. The van der Waals surface area contributed by atoms with Gasteiger partial charge in [-0.2, -0.15) is 0 Å². The zero-order chi connectivity index (χ0) is 14.5. The molecular weight excluding hydrogens is 260 g/mol. The van der Waals surface area contributed by atoms with Gasteiger partial charge in [0.2, 0.25) is 0 Å². The first kappa shape index (κ1) is 16.9. The van der Waals surface area contributed by atoms with Crippen LogP contribution < -0.4 is 5.32 Å². The molecule has 0 bridgehead atoms. The van der Waals surface area contributed by atoms with Crippen molar-refractivity contribution in [3.8, 4) is 0 Å². The summed E-state index contributed by atoms with van der Waals surface area (Å²) in [6.45, 7) is 11.1. The van der Waals surface area contributed by atoms with E-state index in [0.29, 0.717) is 30.5 Å². The quantitative estimate of drug-likeness (QED) is 0.775. The number of sulfone groups is 1. The maximum absolute atomic E-state index is 11.9. The van der Waals surface area contributed by atoms with Gasteiger partial charge in [-0.05, 0) is 26.7 Å². The number of hydrogen-bond acceptors (Lipinski definition) is 4. The predicted octanol–water partition coefficient (Wildman–Crippen LogP) is 1.66. The molecule has 4 nitrogen and oxygen atoms in total. The molecule has 1 aliphatic heterocycles. The van der Waals surface area contributed by atoms with E-state index in [1.165, 1.54) is 0 Å². The molecule has 1 fully saturated rings. The molecule has 114 valence electrons. The largest absolute Gasteiger partial charge is 0.309 e. The fraction of sp³-hybridized carbons (Fsp3) is 1.00. The van der Waals surface area contributed by atoms with Crippen LogP contribution in [0.5, 0.6) is 0 Å². The Kier molecular flexibility index (Phi) is 6.27. The van der Waals surface area contributed by atoms with Crippen molar-refractivity contribution >= 4 is 9.84 Å². The zero-order valence-corrected chi connectivity index (χ0v) is 13.7. The van der Waals surface area contributed by atoms with Crippen molar-refractivity contribution in [3.63, 3.8) is 0 Å². The van der Waals surface area contributed by atoms with Crippen molar-refractivity contribution in [2.24, 2.45) is 0 Å². The summed E-state index contributed by atoms with van der Waals surface area (Å²) in [6, 6.07) is 0.481. The maximum atomic E-state index is 11.9. The first-order chi connectivity index (χ1) is 8.79. The Bertz CT molecular complexity index is 366. The van der Waals surface area contributed by atoms with Crippen LogP contribution in [0.25, 0.3) is 0 Å². The highest BCUT2D eigenvalue weighted by atomic mass is 32.2. The zero-order valence-electron chi connectivity index (χ0n) is 12.9. The molecule has 1 unspecified atom stereocenters. The van der Waals surface area contributed by atoms with E-state index in [0.717, 1.165) is 25.9 Å². The van der Waals surface area contributed by atoms with E-state index >= 15 is 0 Å². The average molecular weight is 290 g/mol. The van der Waals surface area contributed by atoms with Crippen molar-refractivity contribution in [2.45, 2.75) is 58.5 Å². The molecule has 0 aromatic carbocycles. The second-order valence-corrected chi connectivity index (χ2v) is 8.63. The Balaban J connectivity index is 2.60. The van der Waals surface area contributed by atoms with Crippen LogP contribution in [0.4, 0.5) is 0 Å². The third-order valence-electron chi connectivity index (χ3n) is 3.76. The highest BCUT2D eigenvalue weighted by Crippen LogP contribution is 2.18. The maximum Gasteiger partial charge on any atom is 0.151 e. The molecule has 0 spiro atoms. The lowest BCUT2D eigenvalue weighted by atomic mass is 9.97. The van der Waals surface area contributed by atoms with Gasteiger partial charge in [-0.25, -0.2) is 8.42 Å². The molecule has 1 N–H and O–H groups in total. The van der Waals surface area contributed by atoms with Crippen molar-refractivity contribution in [3.05, 3.63) is 0 Å². The van der Waals surface area contributed by atoms with Gasteiger partial charge in [0, 0.05) is 37.0 Å². The minimum Gasteiger partial charge on any atom is -0.309 e. The van der Waals surface area contributed by atoms with E-state index in [1.54, 1.807) is 0 Å². The van der Waals surface area contributed by atoms with Gasteiger partial charge in [-0.3, -0.25) is 4.90 Å². The van der Waals surface area contributed by atoms with Crippen LogP contribution in [-0.4, -0.2) is 56.0 Å². The summed E-state index contributed by atoms with van der Waals surface area (Å²) in [7, 11) is -2.87. The van der Waals surface area contributed by atoms with E-state index < -0.39 is 9.84 Å². The molecule has 19 heavy (non-hydrogen) atoms. The number of hydrogen-bond donors (Lipinski definition) is 1. The van der Waals surface area contributed by atoms with Gasteiger partial charge in [0.1, 0.15) is 0 Å². The van der Waals surface area contributed by atoms with Gasteiger partial charge < -0.3 is 5.32 Å². The highest BCUT2D eigenvalue weighted by molar-refractivity contribution is 7.91. The molecule has 0 aromatic rings. The minimum atomic E-state index is -2.87. The Morgan fingerprint density at radius 3 is 2.47 bits per heavy atom. The highest BCUT2D eigenvalue weighted by Gasteiger charge is 2.32. The van der Waals surface area contributed by atoms with Crippen molar-refractivity contribution < 1.29 is 8.42 Å². The van der Waals surface area contributed by atoms with Crippen LogP contribution in [0.3, 0.4) is 0 Å². The second-order valence-electron chi connectivity index (χ2n) is 6.33. The summed E-state index contributed by atoms with van der Waals surface area (Å²) in [6.07, 6.45) is 3.00. The average Bonchev–Trinajstić information content (AvgIpc) is 2.29. The first-order valence-corrected chi connectivity index (χ1v) is 9.31. The molecule has 0 saturated carbocycles. The molecule has 1 atom stereocenters. The first-order valence-electron chi connectivity index (χ1n) is 7.49. The summed E-state index contributed by atoms with van der Waals surface area (Å²) in [5.41, 5.74) is 0.0821. The predicted molar refractivity (Wildman–Crippen MR) is 81.3 cm³/mol. The number of nitrogens with zero attached hydrogens (tertiary/aromatic N) is 1. The monoisotopic (exact) mass is 290 g/mol. The molecule has 1 rings (SSSR count). The standard InChI is InChI=1S/C14H30N2O2S/c1-5-7-13-11-15-14(3,4)12-16(13)8-10-19(17,18)9-6-2/h13,15H,5-12H2,1-4H3.